The van der Waals surface area contributed by atoms with Gasteiger partial charge in [-0.05, 0) is 46.9 Å². The first kappa shape index (κ1) is 12.3. The van der Waals surface area contributed by atoms with Crippen LogP contribution in [0, 0.1) is 8.99 Å². The van der Waals surface area contributed by atoms with Crippen LogP contribution in [0.2, 0.25) is 0 Å². The van der Waals surface area contributed by atoms with Gasteiger partial charge in [0, 0.05) is 14.3 Å². The first-order chi connectivity index (χ1) is 6.53. The highest BCUT2D eigenvalue weighted by atomic mass is 127. The summed E-state index contributed by atoms with van der Waals surface area (Å²) >= 11 is 5.76. The Kier molecular flexibility index (Phi) is 4.70. The Balaban J connectivity index is 2.50. The Hall–Kier alpha value is 0.230. The number of hydrogen-bond donors (Lipinski definition) is 0. The molecule has 0 aliphatic rings. The van der Waals surface area contributed by atoms with Gasteiger partial charge in [0.2, 0.25) is 0 Å². The van der Waals surface area contributed by atoms with E-state index in [9.17, 15) is 0 Å². The van der Waals surface area contributed by atoms with Crippen molar-refractivity contribution in [1.82, 2.24) is 0 Å². The predicted molar refractivity (Wildman–Crippen MR) is 72.2 cm³/mol. The number of halogens is 2. The van der Waals surface area contributed by atoms with Crippen molar-refractivity contribution in [2.24, 2.45) is 5.41 Å². The fraction of sp³-hybridized carbons (Fsp3) is 0.455. The minimum absolute atomic E-state index is 0.184. The molecule has 0 heterocycles. The smallest absolute Gasteiger partial charge is 0.119 e. The zero-order valence-corrected chi connectivity index (χ0v) is 12.1. The van der Waals surface area contributed by atoms with Gasteiger partial charge in [-0.2, -0.15) is 0 Å². The summed E-state index contributed by atoms with van der Waals surface area (Å²) in [4.78, 5) is 0. The Morgan fingerprint density at radius 1 is 1.29 bits per heavy atom. The van der Waals surface area contributed by atoms with E-state index in [-0.39, 0.29) is 5.41 Å². The normalized spacial score (nSPS) is 11.4. The topological polar surface area (TPSA) is 9.23 Å². The van der Waals surface area contributed by atoms with Crippen molar-refractivity contribution in [2.45, 2.75) is 13.8 Å². The second-order valence-electron chi connectivity index (χ2n) is 4.04. The van der Waals surface area contributed by atoms with Crippen LogP contribution in [-0.4, -0.2) is 11.9 Å². The molecule has 3 heteroatoms. The standard InChI is InChI=1S/C11H14BrIO/c1-11(2,7-12)8-14-10-5-3-9(13)4-6-10/h3-6H,7-8H2,1-2H3. The molecular weight excluding hydrogens is 355 g/mol. The van der Waals surface area contributed by atoms with Crippen LogP contribution < -0.4 is 4.74 Å². The minimum Gasteiger partial charge on any atom is -0.493 e. The fourth-order valence-corrected chi connectivity index (χ4v) is 1.37. The quantitative estimate of drug-likeness (QED) is 0.574. The van der Waals surface area contributed by atoms with E-state index in [1.54, 1.807) is 0 Å². The highest BCUT2D eigenvalue weighted by Crippen LogP contribution is 2.21. The average molecular weight is 369 g/mol. The van der Waals surface area contributed by atoms with Gasteiger partial charge >= 0.3 is 0 Å². The fourth-order valence-electron chi connectivity index (χ4n) is 0.848. The monoisotopic (exact) mass is 368 g/mol. The first-order valence-electron chi connectivity index (χ1n) is 4.48. The minimum atomic E-state index is 0.184. The van der Waals surface area contributed by atoms with Gasteiger partial charge in [0.1, 0.15) is 5.75 Å². The molecule has 1 nitrogen and oxygen atoms in total. The first-order valence-corrected chi connectivity index (χ1v) is 6.68. The van der Waals surface area contributed by atoms with E-state index in [0.29, 0.717) is 0 Å². The third kappa shape index (κ3) is 4.17. The number of alkyl halides is 1. The number of hydrogen-bond acceptors (Lipinski definition) is 1. The lowest BCUT2D eigenvalue weighted by atomic mass is 9.98. The largest absolute Gasteiger partial charge is 0.493 e. The summed E-state index contributed by atoms with van der Waals surface area (Å²) in [5.74, 6) is 0.944. The molecule has 0 unspecified atom stereocenters. The molecule has 0 spiro atoms. The highest BCUT2D eigenvalue weighted by molar-refractivity contribution is 14.1. The van der Waals surface area contributed by atoms with Crippen molar-refractivity contribution in [3.05, 3.63) is 27.8 Å². The zero-order chi connectivity index (χ0) is 10.6. The Morgan fingerprint density at radius 2 is 1.86 bits per heavy atom. The van der Waals surface area contributed by atoms with Crippen LogP contribution in [0.1, 0.15) is 13.8 Å². The van der Waals surface area contributed by atoms with E-state index in [0.717, 1.165) is 17.7 Å². The lowest BCUT2D eigenvalue weighted by Gasteiger charge is -2.21. The Bertz CT molecular complexity index is 282. The molecule has 0 saturated heterocycles. The van der Waals surface area contributed by atoms with Gasteiger partial charge in [0.05, 0.1) is 6.61 Å². The number of benzene rings is 1. The van der Waals surface area contributed by atoms with E-state index in [1.165, 1.54) is 3.57 Å². The van der Waals surface area contributed by atoms with Crippen molar-refractivity contribution in [3.8, 4) is 5.75 Å². The van der Waals surface area contributed by atoms with Crippen molar-refractivity contribution in [1.29, 1.82) is 0 Å². The van der Waals surface area contributed by atoms with Gasteiger partial charge in [-0.15, -0.1) is 0 Å². The molecule has 0 aromatic heterocycles. The summed E-state index contributed by atoms with van der Waals surface area (Å²) < 4.78 is 6.91. The van der Waals surface area contributed by atoms with E-state index in [4.69, 9.17) is 4.74 Å². The summed E-state index contributed by atoms with van der Waals surface area (Å²) in [6.07, 6.45) is 0. The van der Waals surface area contributed by atoms with E-state index >= 15 is 0 Å². The van der Waals surface area contributed by atoms with E-state index in [2.05, 4.69) is 64.5 Å². The van der Waals surface area contributed by atoms with Gasteiger partial charge in [0.15, 0.2) is 0 Å². The Morgan fingerprint density at radius 3 is 2.36 bits per heavy atom. The summed E-state index contributed by atoms with van der Waals surface area (Å²) in [5, 5.41) is 0.949. The third-order valence-corrected chi connectivity index (χ3v) is 4.04. The second kappa shape index (κ2) is 5.35. The van der Waals surface area contributed by atoms with Gasteiger partial charge < -0.3 is 4.74 Å². The summed E-state index contributed by atoms with van der Waals surface area (Å²) in [6.45, 7) is 5.09. The molecule has 0 N–H and O–H groups in total. The third-order valence-electron chi connectivity index (χ3n) is 1.80. The molecule has 1 aromatic rings. The molecule has 1 aromatic carbocycles. The molecule has 0 bridgehead atoms. The van der Waals surface area contributed by atoms with Crippen LogP contribution >= 0.6 is 38.5 Å². The van der Waals surface area contributed by atoms with Gasteiger partial charge in [-0.25, -0.2) is 0 Å². The van der Waals surface area contributed by atoms with Crippen molar-refractivity contribution >= 4 is 38.5 Å². The molecule has 0 saturated carbocycles. The lowest BCUT2D eigenvalue weighted by molar-refractivity contribution is 0.203. The lowest BCUT2D eigenvalue weighted by Crippen LogP contribution is -2.22. The van der Waals surface area contributed by atoms with Crippen LogP contribution in [0.3, 0.4) is 0 Å². The van der Waals surface area contributed by atoms with Crippen molar-refractivity contribution < 1.29 is 4.74 Å². The predicted octanol–water partition coefficient (Wildman–Crippen LogP) is 4.09. The van der Waals surface area contributed by atoms with Gasteiger partial charge in [0.25, 0.3) is 0 Å². The van der Waals surface area contributed by atoms with Crippen molar-refractivity contribution in [3.63, 3.8) is 0 Å². The number of ether oxygens (including phenoxy) is 1. The molecule has 0 aliphatic heterocycles. The second-order valence-corrected chi connectivity index (χ2v) is 5.85. The van der Waals surface area contributed by atoms with E-state index < -0.39 is 0 Å². The molecule has 0 radical (unpaired) electrons. The van der Waals surface area contributed by atoms with Crippen LogP contribution in [0.5, 0.6) is 5.75 Å². The summed E-state index contributed by atoms with van der Waals surface area (Å²) in [6, 6.07) is 8.12. The molecule has 1 rings (SSSR count). The average Bonchev–Trinajstić information content (AvgIpc) is 2.17. The van der Waals surface area contributed by atoms with Crippen LogP contribution in [0.15, 0.2) is 24.3 Å². The van der Waals surface area contributed by atoms with Crippen LogP contribution in [0.4, 0.5) is 0 Å². The highest BCUT2D eigenvalue weighted by Gasteiger charge is 2.16. The maximum absolute atomic E-state index is 5.68. The molecular formula is C11H14BrIO. The maximum atomic E-state index is 5.68. The summed E-state index contributed by atoms with van der Waals surface area (Å²) in [5.41, 5.74) is 0.184. The SMILES string of the molecule is CC(C)(CBr)COc1ccc(I)cc1. The zero-order valence-electron chi connectivity index (χ0n) is 8.39. The molecule has 0 fully saturated rings. The molecule has 14 heavy (non-hydrogen) atoms. The van der Waals surface area contributed by atoms with Gasteiger partial charge in [-0.3, -0.25) is 0 Å². The maximum Gasteiger partial charge on any atom is 0.119 e. The van der Waals surface area contributed by atoms with E-state index in [1.807, 2.05) is 12.1 Å². The molecule has 0 atom stereocenters. The molecule has 78 valence electrons. The molecule has 0 amide bonds. The molecule has 0 aliphatic carbocycles. The van der Waals surface area contributed by atoms with Crippen LogP contribution in [0.25, 0.3) is 0 Å². The van der Waals surface area contributed by atoms with Crippen LogP contribution in [-0.2, 0) is 0 Å². The number of rotatable bonds is 4. The Labute approximate surface area is 107 Å². The van der Waals surface area contributed by atoms with Gasteiger partial charge in [-0.1, -0.05) is 29.8 Å². The van der Waals surface area contributed by atoms with Crippen molar-refractivity contribution in [2.75, 3.05) is 11.9 Å². The summed E-state index contributed by atoms with van der Waals surface area (Å²) in [7, 11) is 0.